The first-order valence-corrected chi connectivity index (χ1v) is 6.71. The molecular weight excluding hydrogens is 246 g/mol. The first-order valence-electron chi connectivity index (χ1n) is 6.71. The fourth-order valence-corrected chi connectivity index (χ4v) is 3.04. The summed E-state index contributed by atoms with van der Waals surface area (Å²) in [6.07, 6.45) is 0.756. The molecule has 2 aromatic rings. The summed E-state index contributed by atoms with van der Waals surface area (Å²) in [6.45, 7) is 0.413. The number of rotatable bonds is 2. The van der Waals surface area contributed by atoms with Gasteiger partial charge in [-0.25, -0.2) is 8.78 Å². The van der Waals surface area contributed by atoms with Crippen LogP contribution in [0.4, 0.5) is 8.78 Å². The third kappa shape index (κ3) is 2.14. The van der Waals surface area contributed by atoms with E-state index in [0.717, 1.165) is 16.6 Å². The lowest BCUT2D eigenvalue weighted by molar-refractivity contribution is -0.0513. The summed E-state index contributed by atoms with van der Waals surface area (Å²) in [6, 6.07) is 10.0. The molecule has 1 aliphatic rings. The Bertz CT molecular complexity index is 546. The highest BCUT2D eigenvalue weighted by molar-refractivity contribution is 5.80. The second-order valence-electron chi connectivity index (χ2n) is 5.61. The van der Waals surface area contributed by atoms with E-state index in [-0.39, 0.29) is 18.3 Å². The van der Waals surface area contributed by atoms with Crippen molar-refractivity contribution in [2.24, 2.45) is 5.73 Å². The normalized spacial score (nSPS) is 21.6. The molecule has 1 aliphatic carbocycles. The Morgan fingerprint density at radius 2 is 1.79 bits per heavy atom. The van der Waals surface area contributed by atoms with Crippen LogP contribution in [0.25, 0.3) is 10.9 Å². The van der Waals surface area contributed by atoms with Crippen molar-refractivity contribution in [3.05, 3.63) is 36.0 Å². The summed E-state index contributed by atoms with van der Waals surface area (Å²) in [4.78, 5) is 3.36. The van der Waals surface area contributed by atoms with Crippen molar-refractivity contribution in [1.29, 1.82) is 0 Å². The monoisotopic (exact) mass is 264 g/mol. The molecule has 19 heavy (non-hydrogen) atoms. The zero-order chi connectivity index (χ0) is 13.5. The Labute approximate surface area is 111 Å². The molecule has 0 unspecified atom stereocenters. The lowest BCUT2D eigenvalue weighted by Gasteiger charge is -2.38. The SMILES string of the molecule is NCC1(c2cc3ccccc3[nH]2)CCC(F)(F)CC1. The first-order chi connectivity index (χ1) is 9.05. The number of nitrogens with two attached hydrogens (primary N) is 1. The van der Waals surface area contributed by atoms with Crippen molar-refractivity contribution < 1.29 is 8.78 Å². The quantitative estimate of drug-likeness (QED) is 0.855. The predicted octanol–water partition coefficient (Wildman–Crippen LogP) is 3.57. The van der Waals surface area contributed by atoms with E-state index in [1.807, 2.05) is 24.3 Å². The number of fused-ring (bicyclic) bond motifs is 1. The van der Waals surface area contributed by atoms with Crippen LogP contribution in [0.5, 0.6) is 0 Å². The number of hydrogen-bond acceptors (Lipinski definition) is 1. The highest BCUT2D eigenvalue weighted by Crippen LogP contribution is 2.45. The van der Waals surface area contributed by atoms with Crippen LogP contribution in [0.3, 0.4) is 0 Å². The van der Waals surface area contributed by atoms with Crippen molar-refractivity contribution >= 4 is 10.9 Å². The van der Waals surface area contributed by atoms with Gasteiger partial charge in [0.05, 0.1) is 0 Å². The maximum absolute atomic E-state index is 13.4. The van der Waals surface area contributed by atoms with Crippen molar-refractivity contribution in [3.63, 3.8) is 0 Å². The summed E-state index contributed by atoms with van der Waals surface area (Å²) >= 11 is 0. The molecule has 0 aliphatic heterocycles. The molecule has 4 heteroatoms. The zero-order valence-corrected chi connectivity index (χ0v) is 10.8. The average Bonchev–Trinajstić information content (AvgIpc) is 2.84. The minimum atomic E-state index is -2.52. The summed E-state index contributed by atoms with van der Waals surface area (Å²) in [5, 5.41) is 1.11. The molecule has 102 valence electrons. The van der Waals surface area contributed by atoms with E-state index in [1.165, 1.54) is 0 Å². The largest absolute Gasteiger partial charge is 0.358 e. The van der Waals surface area contributed by atoms with Gasteiger partial charge in [0.15, 0.2) is 0 Å². The third-order valence-electron chi connectivity index (χ3n) is 4.43. The highest BCUT2D eigenvalue weighted by Gasteiger charge is 2.44. The van der Waals surface area contributed by atoms with Gasteiger partial charge in [-0.1, -0.05) is 18.2 Å². The summed E-state index contributed by atoms with van der Waals surface area (Å²) in [7, 11) is 0. The van der Waals surface area contributed by atoms with Crippen LogP contribution in [0, 0.1) is 0 Å². The van der Waals surface area contributed by atoms with E-state index in [0.29, 0.717) is 19.4 Å². The maximum Gasteiger partial charge on any atom is 0.248 e. The molecule has 0 spiro atoms. The number of hydrogen-bond donors (Lipinski definition) is 2. The topological polar surface area (TPSA) is 41.8 Å². The molecule has 3 rings (SSSR count). The summed E-state index contributed by atoms with van der Waals surface area (Å²) in [5.74, 6) is -2.52. The smallest absolute Gasteiger partial charge is 0.248 e. The fourth-order valence-electron chi connectivity index (χ4n) is 3.04. The molecule has 0 atom stereocenters. The van der Waals surface area contributed by atoms with Crippen LogP contribution >= 0.6 is 0 Å². The van der Waals surface area contributed by atoms with Gasteiger partial charge in [-0.05, 0) is 30.4 Å². The Kier molecular flexibility index (Phi) is 2.86. The fraction of sp³-hybridized carbons (Fsp3) is 0.467. The van der Waals surface area contributed by atoms with E-state index < -0.39 is 5.92 Å². The number of H-pyrrole nitrogens is 1. The van der Waals surface area contributed by atoms with Gasteiger partial charge < -0.3 is 10.7 Å². The van der Waals surface area contributed by atoms with Gasteiger partial charge in [-0.2, -0.15) is 0 Å². The molecule has 0 saturated heterocycles. The van der Waals surface area contributed by atoms with Crippen molar-refractivity contribution in [2.75, 3.05) is 6.54 Å². The predicted molar refractivity (Wildman–Crippen MR) is 72.4 cm³/mol. The van der Waals surface area contributed by atoms with E-state index in [9.17, 15) is 8.78 Å². The van der Waals surface area contributed by atoms with E-state index in [4.69, 9.17) is 5.73 Å². The van der Waals surface area contributed by atoms with Gasteiger partial charge in [0, 0.05) is 36.0 Å². The second kappa shape index (κ2) is 4.30. The number of alkyl halides is 2. The van der Waals surface area contributed by atoms with Gasteiger partial charge in [0.1, 0.15) is 0 Å². The number of para-hydroxylation sites is 1. The van der Waals surface area contributed by atoms with E-state index >= 15 is 0 Å². The second-order valence-corrected chi connectivity index (χ2v) is 5.61. The lowest BCUT2D eigenvalue weighted by atomic mass is 9.70. The first kappa shape index (κ1) is 12.6. The molecule has 1 heterocycles. The molecule has 3 N–H and O–H groups in total. The Balaban J connectivity index is 1.98. The van der Waals surface area contributed by atoms with E-state index in [1.54, 1.807) is 0 Å². The van der Waals surface area contributed by atoms with Crippen LogP contribution in [-0.4, -0.2) is 17.5 Å². The molecule has 1 saturated carbocycles. The molecule has 1 fully saturated rings. The number of nitrogens with one attached hydrogen (secondary N) is 1. The summed E-state index contributed by atoms with van der Waals surface area (Å²) in [5.41, 5.74) is 7.65. The lowest BCUT2D eigenvalue weighted by Crippen LogP contribution is -2.42. The van der Waals surface area contributed by atoms with Crippen molar-refractivity contribution in [1.82, 2.24) is 4.98 Å². The van der Waals surface area contributed by atoms with Gasteiger partial charge in [-0.3, -0.25) is 0 Å². The number of aromatic nitrogens is 1. The minimum Gasteiger partial charge on any atom is -0.358 e. The van der Waals surface area contributed by atoms with Gasteiger partial charge in [0.2, 0.25) is 5.92 Å². The molecule has 1 aromatic carbocycles. The average molecular weight is 264 g/mol. The molecule has 1 aromatic heterocycles. The van der Waals surface area contributed by atoms with Gasteiger partial charge in [-0.15, -0.1) is 0 Å². The van der Waals surface area contributed by atoms with Gasteiger partial charge >= 0.3 is 0 Å². The highest BCUT2D eigenvalue weighted by atomic mass is 19.3. The number of halogens is 2. The standard InChI is InChI=1S/C15H18F2N2/c16-15(17)7-5-14(10-18,6-8-15)13-9-11-3-1-2-4-12(11)19-13/h1-4,9,19H,5-8,10,18H2. The molecular formula is C15H18F2N2. The molecule has 0 amide bonds. The van der Waals surface area contributed by atoms with Crippen LogP contribution in [-0.2, 0) is 5.41 Å². The Morgan fingerprint density at radius 1 is 1.11 bits per heavy atom. The number of benzene rings is 1. The number of aromatic amines is 1. The third-order valence-corrected chi connectivity index (χ3v) is 4.43. The Hall–Kier alpha value is -1.42. The van der Waals surface area contributed by atoms with Crippen molar-refractivity contribution in [3.8, 4) is 0 Å². The van der Waals surface area contributed by atoms with Crippen LogP contribution < -0.4 is 5.73 Å². The van der Waals surface area contributed by atoms with Crippen LogP contribution in [0.2, 0.25) is 0 Å². The molecule has 2 nitrogen and oxygen atoms in total. The maximum atomic E-state index is 13.4. The van der Waals surface area contributed by atoms with Crippen LogP contribution in [0.15, 0.2) is 30.3 Å². The molecule has 0 radical (unpaired) electrons. The minimum absolute atomic E-state index is 0.0699. The Morgan fingerprint density at radius 3 is 2.42 bits per heavy atom. The van der Waals surface area contributed by atoms with Gasteiger partial charge in [0.25, 0.3) is 0 Å². The van der Waals surface area contributed by atoms with Crippen LogP contribution in [0.1, 0.15) is 31.4 Å². The van der Waals surface area contributed by atoms with E-state index in [2.05, 4.69) is 11.1 Å². The zero-order valence-electron chi connectivity index (χ0n) is 10.8. The van der Waals surface area contributed by atoms with Crippen molar-refractivity contribution in [2.45, 2.75) is 37.0 Å². The molecule has 0 bridgehead atoms. The summed E-state index contributed by atoms with van der Waals surface area (Å²) < 4.78 is 26.7.